The van der Waals surface area contributed by atoms with Crippen LogP contribution in [0.3, 0.4) is 0 Å². The molecule has 1 heterocycles. The molecule has 0 radical (unpaired) electrons. The minimum atomic E-state index is -1.01. The standard InChI is InChI=1S/C13H18N2O3S/c1-8(2)6-11(13(17)18)15-12(16)5-4-10-7-19-9(3)14-10/h4-5,7-8,11H,6H2,1-3H3,(H,15,16)(H,17,18)/t11-/m1/s1. The Balaban J connectivity index is 2.57. The van der Waals surface area contributed by atoms with Crippen LogP contribution in [0.2, 0.25) is 0 Å². The van der Waals surface area contributed by atoms with Gasteiger partial charge in [-0.25, -0.2) is 9.78 Å². The first-order valence-electron chi connectivity index (χ1n) is 6.02. The maximum absolute atomic E-state index is 11.6. The Morgan fingerprint density at radius 3 is 2.68 bits per heavy atom. The first kappa shape index (κ1) is 15.4. The predicted molar refractivity (Wildman–Crippen MR) is 74.9 cm³/mol. The summed E-state index contributed by atoms with van der Waals surface area (Å²) >= 11 is 1.50. The molecule has 1 aromatic rings. The van der Waals surface area contributed by atoms with E-state index < -0.39 is 17.9 Å². The average Bonchev–Trinajstić information content (AvgIpc) is 2.71. The van der Waals surface area contributed by atoms with Crippen LogP contribution < -0.4 is 5.32 Å². The molecule has 0 unspecified atom stereocenters. The van der Waals surface area contributed by atoms with Gasteiger partial charge in [0.15, 0.2) is 0 Å². The Kier molecular flexibility index (Phi) is 5.69. The number of rotatable bonds is 6. The van der Waals surface area contributed by atoms with Crippen LogP contribution in [0.1, 0.15) is 31.0 Å². The van der Waals surface area contributed by atoms with Crippen molar-refractivity contribution in [1.29, 1.82) is 0 Å². The topological polar surface area (TPSA) is 79.3 Å². The van der Waals surface area contributed by atoms with E-state index >= 15 is 0 Å². The highest BCUT2D eigenvalue weighted by molar-refractivity contribution is 7.09. The molecule has 0 aromatic carbocycles. The molecule has 0 aliphatic rings. The van der Waals surface area contributed by atoms with Crippen LogP contribution in [0.25, 0.3) is 6.08 Å². The zero-order chi connectivity index (χ0) is 14.4. The molecule has 1 amide bonds. The fraction of sp³-hybridized carbons (Fsp3) is 0.462. The highest BCUT2D eigenvalue weighted by Crippen LogP contribution is 2.09. The number of nitrogens with one attached hydrogen (secondary N) is 1. The van der Waals surface area contributed by atoms with Crippen LogP contribution in [0, 0.1) is 12.8 Å². The fourth-order valence-corrected chi connectivity index (χ4v) is 2.11. The molecule has 0 aliphatic heterocycles. The molecule has 104 valence electrons. The Morgan fingerprint density at radius 2 is 2.21 bits per heavy atom. The first-order valence-corrected chi connectivity index (χ1v) is 6.90. The maximum Gasteiger partial charge on any atom is 0.326 e. The second-order valence-corrected chi connectivity index (χ2v) is 5.72. The number of aryl methyl sites for hydroxylation is 1. The van der Waals surface area contributed by atoms with Crippen molar-refractivity contribution in [3.8, 4) is 0 Å². The lowest BCUT2D eigenvalue weighted by molar-refractivity contribution is -0.141. The van der Waals surface area contributed by atoms with Gasteiger partial charge in [-0.15, -0.1) is 11.3 Å². The molecular weight excluding hydrogens is 264 g/mol. The number of carboxylic acid groups (broad SMARTS) is 1. The molecule has 5 nitrogen and oxygen atoms in total. The van der Waals surface area contributed by atoms with Crippen molar-refractivity contribution in [3.05, 3.63) is 22.2 Å². The molecule has 0 aliphatic carbocycles. The molecule has 0 saturated carbocycles. The second-order valence-electron chi connectivity index (χ2n) is 4.65. The van der Waals surface area contributed by atoms with Crippen LogP contribution in [0.4, 0.5) is 0 Å². The minimum absolute atomic E-state index is 0.201. The van der Waals surface area contributed by atoms with E-state index in [1.165, 1.54) is 17.4 Å². The van der Waals surface area contributed by atoms with Crippen LogP contribution >= 0.6 is 11.3 Å². The number of carbonyl (C=O) groups excluding carboxylic acids is 1. The highest BCUT2D eigenvalue weighted by atomic mass is 32.1. The quantitative estimate of drug-likeness (QED) is 0.783. The Labute approximate surface area is 116 Å². The largest absolute Gasteiger partial charge is 0.480 e. The molecule has 0 saturated heterocycles. The summed E-state index contributed by atoms with van der Waals surface area (Å²) in [6.45, 7) is 5.71. The molecule has 19 heavy (non-hydrogen) atoms. The summed E-state index contributed by atoms with van der Waals surface area (Å²) in [6, 6.07) is -0.852. The van der Waals surface area contributed by atoms with E-state index in [1.54, 1.807) is 6.08 Å². The lowest BCUT2D eigenvalue weighted by Crippen LogP contribution is -2.40. The van der Waals surface area contributed by atoms with Gasteiger partial charge in [-0.1, -0.05) is 13.8 Å². The molecule has 0 spiro atoms. The summed E-state index contributed by atoms with van der Waals surface area (Å²) in [5, 5.41) is 14.2. The third kappa shape index (κ3) is 5.65. The Bertz CT molecular complexity index is 480. The van der Waals surface area contributed by atoms with Crippen LogP contribution in [-0.2, 0) is 9.59 Å². The minimum Gasteiger partial charge on any atom is -0.480 e. The summed E-state index contributed by atoms with van der Waals surface area (Å²) in [5.74, 6) is -1.23. The van der Waals surface area contributed by atoms with Crippen LogP contribution in [0.15, 0.2) is 11.5 Å². The van der Waals surface area contributed by atoms with Gasteiger partial charge in [-0.2, -0.15) is 0 Å². The van der Waals surface area contributed by atoms with Crippen molar-refractivity contribution in [2.45, 2.75) is 33.2 Å². The number of amides is 1. The summed E-state index contributed by atoms with van der Waals surface area (Å²) < 4.78 is 0. The third-order valence-corrected chi connectivity index (χ3v) is 3.16. The van der Waals surface area contributed by atoms with Gasteiger partial charge in [0.2, 0.25) is 5.91 Å². The van der Waals surface area contributed by atoms with Gasteiger partial charge < -0.3 is 10.4 Å². The van der Waals surface area contributed by atoms with E-state index in [9.17, 15) is 9.59 Å². The van der Waals surface area contributed by atoms with Gasteiger partial charge in [-0.3, -0.25) is 4.79 Å². The summed E-state index contributed by atoms with van der Waals surface area (Å²) in [7, 11) is 0. The summed E-state index contributed by atoms with van der Waals surface area (Å²) in [5.41, 5.74) is 0.702. The summed E-state index contributed by atoms with van der Waals surface area (Å²) in [6.07, 6.45) is 3.29. The first-order chi connectivity index (χ1) is 8.88. The molecular formula is C13H18N2O3S. The van der Waals surface area contributed by atoms with Gasteiger partial charge in [-0.05, 0) is 25.3 Å². The van der Waals surface area contributed by atoms with Crippen molar-refractivity contribution in [2.24, 2.45) is 5.92 Å². The maximum atomic E-state index is 11.6. The van der Waals surface area contributed by atoms with E-state index in [1.807, 2.05) is 26.2 Å². The molecule has 1 atom stereocenters. The van der Waals surface area contributed by atoms with E-state index in [0.29, 0.717) is 12.1 Å². The van der Waals surface area contributed by atoms with Crippen LogP contribution in [-0.4, -0.2) is 28.0 Å². The SMILES string of the molecule is Cc1nc(C=CC(=O)N[C@H](CC(C)C)C(=O)O)cs1. The molecule has 1 aromatic heterocycles. The van der Waals surface area contributed by atoms with Gasteiger partial charge in [0.1, 0.15) is 6.04 Å². The Morgan fingerprint density at radius 1 is 1.53 bits per heavy atom. The molecule has 0 bridgehead atoms. The number of thiazole rings is 1. The zero-order valence-electron chi connectivity index (χ0n) is 11.2. The normalized spacial score (nSPS) is 12.8. The predicted octanol–water partition coefficient (Wildman–Crippen LogP) is 2.08. The van der Waals surface area contributed by atoms with Gasteiger partial charge >= 0.3 is 5.97 Å². The van der Waals surface area contributed by atoms with Gasteiger partial charge in [0.25, 0.3) is 0 Å². The molecule has 1 rings (SSSR count). The number of aromatic nitrogens is 1. The van der Waals surface area contributed by atoms with E-state index in [4.69, 9.17) is 5.11 Å². The van der Waals surface area contributed by atoms with Crippen molar-refractivity contribution in [1.82, 2.24) is 10.3 Å². The van der Waals surface area contributed by atoms with Crippen molar-refractivity contribution < 1.29 is 14.7 Å². The number of nitrogens with zero attached hydrogens (tertiary/aromatic N) is 1. The van der Waals surface area contributed by atoms with Gasteiger partial charge in [0.05, 0.1) is 10.7 Å². The third-order valence-electron chi connectivity index (χ3n) is 2.36. The number of hydrogen-bond acceptors (Lipinski definition) is 4. The lowest BCUT2D eigenvalue weighted by Gasteiger charge is -2.15. The van der Waals surface area contributed by atoms with Crippen molar-refractivity contribution in [2.75, 3.05) is 0 Å². The van der Waals surface area contributed by atoms with E-state index in [-0.39, 0.29) is 5.92 Å². The molecule has 2 N–H and O–H groups in total. The number of carbonyl (C=O) groups is 2. The zero-order valence-corrected chi connectivity index (χ0v) is 12.0. The Hall–Kier alpha value is -1.69. The van der Waals surface area contributed by atoms with Crippen molar-refractivity contribution >= 4 is 29.3 Å². The highest BCUT2D eigenvalue weighted by Gasteiger charge is 2.19. The average molecular weight is 282 g/mol. The van der Waals surface area contributed by atoms with Gasteiger partial charge in [0, 0.05) is 11.5 Å². The fourth-order valence-electron chi connectivity index (χ4n) is 1.53. The van der Waals surface area contributed by atoms with Crippen LogP contribution in [0.5, 0.6) is 0 Å². The lowest BCUT2D eigenvalue weighted by atomic mass is 10.0. The summed E-state index contributed by atoms with van der Waals surface area (Å²) in [4.78, 5) is 26.8. The molecule has 6 heteroatoms. The van der Waals surface area contributed by atoms with Crippen molar-refractivity contribution in [3.63, 3.8) is 0 Å². The smallest absolute Gasteiger partial charge is 0.326 e. The second kappa shape index (κ2) is 7.04. The van der Waals surface area contributed by atoms with E-state index in [2.05, 4.69) is 10.3 Å². The number of aliphatic carboxylic acids is 1. The monoisotopic (exact) mass is 282 g/mol. The number of carboxylic acids is 1. The van der Waals surface area contributed by atoms with E-state index in [0.717, 1.165) is 5.01 Å². The number of hydrogen-bond donors (Lipinski definition) is 2. The molecule has 0 fully saturated rings.